The Kier molecular flexibility index (Phi) is 13.1. The normalized spacial score (nSPS) is 24.6. The molecule has 0 saturated carbocycles. The quantitative estimate of drug-likeness (QED) is 0.0698. The van der Waals surface area contributed by atoms with Crippen molar-refractivity contribution in [3.63, 3.8) is 0 Å². The summed E-state index contributed by atoms with van der Waals surface area (Å²) in [5.41, 5.74) is 0.632. The maximum atomic E-state index is 15.4. The number of carbonyl (C=O) groups is 4. The van der Waals surface area contributed by atoms with Gasteiger partial charge in [0.05, 0.1) is 43.2 Å². The molecule has 7 rings (SSSR count). The number of allylic oxidation sites excluding steroid dienone is 1. The number of carbonyl (C=O) groups excluding carboxylic acids is 4. The fourth-order valence-corrected chi connectivity index (χ4v) is 10.2. The van der Waals surface area contributed by atoms with E-state index in [0.717, 1.165) is 16.3 Å². The van der Waals surface area contributed by atoms with E-state index in [9.17, 15) is 14.7 Å². The molecule has 3 heterocycles. The zero-order valence-electron chi connectivity index (χ0n) is 33.0. The molecule has 0 aromatic heterocycles. The van der Waals surface area contributed by atoms with Gasteiger partial charge in [0.25, 0.3) is 5.91 Å². The highest BCUT2D eigenvalue weighted by atomic mass is 79.9. The van der Waals surface area contributed by atoms with E-state index < -0.39 is 77.0 Å². The number of ether oxygens (including phenoxy) is 3. The van der Waals surface area contributed by atoms with E-state index in [4.69, 9.17) is 14.2 Å². The number of aliphatic hydroxyl groups is 1. The number of hydrogen-bond acceptors (Lipinski definition) is 8. The van der Waals surface area contributed by atoms with Crippen LogP contribution in [0, 0.1) is 11.8 Å². The van der Waals surface area contributed by atoms with Crippen molar-refractivity contribution < 1.29 is 38.5 Å². The van der Waals surface area contributed by atoms with Crippen molar-refractivity contribution in [2.24, 2.45) is 11.8 Å². The summed E-state index contributed by atoms with van der Waals surface area (Å²) >= 11 is 3.78. The lowest BCUT2D eigenvalue weighted by atomic mass is 9.70. The van der Waals surface area contributed by atoms with Crippen molar-refractivity contribution in [1.29, 1.82) is 0 Å². The largest absolute Gasteiger partial charge is 0.455 e. The number of anilines is 1. The average Bonchev–Trinajstić information content (AvgIpc) is 3.86. The molecular weight excluding hydrogens is 814 g/mol. The third kappa shape index (κ3) is 8.23. The Bertz CT molecular complexity index is 2170. The van der Waals surface area contributed by atoms with Crippen LogP contribution in [0.5, 0.6) is 0 Å². The van der Waals surface area contributed by atoms with E-state index in [1.54, 1.807) is 29.2 Å². The highest BCUT2D eigenvalue weighted by Gasteiger charge is 2.77. The molecule has 2 N–H and O–H groups in total. The molecule has 3 aliphatic rings. The number of esters is 1. The Balaban J connectivity index is 1.29. The smallest absolute Gasteiger partial charge is 0.313 e. The van der Waals surface area contributed by atoms with Crippen LogP contribution in [0.25, 0.3) is 10.8 Å². The van der Waals surface area contributed by atoms with Crippen molar-refractivity contribution in [3.8, 4) is 0 Å². The maximum Gasteiger partial charge on any atom is 0.313 e. The fourth-order valence-electron chi connectivity index (χ4n) is 9.22. The summed E-state index contributed by atoms with van der Waals surface area (Å²) in [4.78, 5) is 61.3. The predicted molar refractivity (Wildman–Crippen MR) is 229 cm³/mol. The van der Waals surface area contributed by atoms with Crippen LogP contribution in [0.4, 0.5) is 5.69 Å². The highest BCUT2D eigenvalue weighted by molar-refractivity contribution is 9.09. The van der Waals surface area contributed by atoms with Gasteiger partial charge in [-0.1, -0.05) is 119 Å². The van der Waals surface area contributed by atoms with Crippen molar-refractivity contribution in [1.82, 2.24) is 10.2 Å². The molecule has 1 spiro atoms. The lowest BCUT2D eigenvalue weighted by Gasteiger charge is -2.39. The number of rotatable bonds is 18. The number of fused-ring (bicyclic) bond motifs is 2. The van der Waals surface area contributed by atoms with Gasteiger partial charge in [-0.2, -0.15) is 0 Å². The molecule has 3 saturated heterocycles. The molecule has 308 valence electrons. The van der Waals surface area contributed by atoms with Gasteiger partial charge >= 0.3 is 5.97 Å². The van der Waals surface area contributed by atoms with Gasteiger partial charge in [0.15, 0.2) is 0 Å². The fraction of sp³-hybridized carbons (Fsp3) is 0.362. The first kappa shape index (κ1) is 42.0. The highest BCUT2D eigenvalue weighted by Crippen LogP contribution is 2.61. The minimum atomic E-state index is -1.45. The number of likely N-dealkylation sites (tertiary alicyclic amines) is 1. The molecule has 3 fully saturated rings. The summed E-state index contributed by atoms with van der Waals surface area (Å²) in [7, 11) is 1.50. The van der Waals surface area contributed by atoms with Gasteiger partial charge in [0.1, 0.15) is 17.7 Å². The van der Waals surface area contributed by atoms with Gasteiger partial charge in [0.2, 0.25) is 11.8 Å². The molecule has 3 aliphatic heterocycles. The first-order chi connectivity index (χ1) is 28.6. The lowest BCUT2D eigenvalue weighted by molar-refractivity contribution is -0.163. The first-order valence-electron chi connectivity index (χ1n) is 20.0. The van der Waals surface area contributed by atoms with E-state index in [2.05, 4.69) is 34.4 Å². The number of alkyl halides is 1. The molecule has 12 heteroatoms. The summed E-state index contributed by atoms with van der Waals surface area (Å²) < 4.78 is 18.8. The van der Waals surface area contributed by atoms with Crippen LogP contribution in [0.3, 0.4) is 0 Å². The van der Waals surface area contributed by atoms with Gasteiger partial charge in [-0.3, -0.25) is 19.2 Å². The number of nitrogens with zero attached hydrogens (tertiary/aromatic N) is 2. The van der Waals surface area contributed by atoms with Gasteiger partial charge in [-0.05, 0) is 53.3 Å². The van der Waals surface area contributed by atoms with E-state index in [0.29, 0.717) is 17.7 Å². The second-order valence-corrected chi connectivity index (χ2v) is 16.6. The first-order valence-corrected chi connectivity index (χ1v) is 20.9. The van der Waals surface area contributed by atoms with Gasteiger partial charge in [-0.15, -0.1) is 13.2 Å². The third-order valence-corrected chi connectivity index (χ3v) is 12.6. The van der Waals surface area contributed by atoms with Crippen LogP contribution in [0.2, 0.25) is 0 Å². The number of aliphatic hydroxyl groups excluding tert-OH is 1. The van der Waals surface area contributed by atoms with E-state index in [1.165, 1.54) is 12.0 Å². The second kappa shape index (κ2) is 18.4. The minimum Gasteiger partial charge on any atom is -0.455 e. The maximum absolute atomic E-state index is 15.4. The Morgan fingerprint density at radius 3 is 2.37 bits per heavy atom. The zero-order chi connectivity index (χ0) is 41.7. The van der Waals surface area contributed by atoms with Crippen molar-refractivity contribution >= 4 is 56.1 Å². The molecule has 0 radical (unpaired) electrons. The van der Waals surface area contributed by atoms with Crippen LogP contribution in [0.15, 0.2) is 128 Å². The van der Waals surface area contributed by atoms with Crippen LogP contribution in [0.1, 0.15) is 36.5 Å². The third-order valence-electron chi connectivity index (χ3n) is 11.8. The van der Waals surface area contributed by atoms with Gasteiger partial charge < -0.3 is 34.4 Å². The van der Waals surface area contributed by atoms with E-state index >= 15 is 9.59 Å². The molecule has 59 heavy (non-hydrogen) atoms. The monoisotopic (exact) mass is 863 g/mol. The van der Waals surface area contributed by atoms with Crippen molar-refractivity contribution in [2.45, 2.75) is 66.4 Å². The molecule has 4 aromatic carbocycles. The number of methoxy groups -OCH3 is 1. The standard InChI is InChI=1S/C47H50BrN3O8/c1-4-6-21-38(53)49-37(29-57-3)41(32-18-11-8-12-19-32)58-46(56)39-40-44(54)51(35(28-52)25-30-15-9-7-10-16-30)43(47(40)27-36(48)42(39)59-47)45(55)50(24-5-2)34-23-22-31-17-13-14-20-33(31)26-34/h4-5,7-20,22-23,26,35-37,39-43,52H,1-2,6,21,24-25,27-29H2,3H3,(H,49,53)/t35-,36?,37+,39+,40-,41+,42+,43+,47-/m1/s1. The summed E-state index contributed by atoms with van der Waals surface area (Å²) in [5.74, 6) is -4.10. The van der Waals surface area contributed by atoms with Crippen LogP contribution in [-0.2, 0) is 39.8 Å². The topological polar surface area (TPSA) is 135 Å². The summed E-state index contributed by atoms with van der Waals surface area (Å²) in [6, 6.07) is 29.3. The Hall–Kier alpha value is -5.14. The van der Waals surface area contributed by atoms with Crippen LogP contribution >= 0.6 is 15.9 Å². The number of nitrogens with one attached hydrogen (secondary N) is 1. The molecule has 0 aliphatic carbocycles. The van der Waals surface area contributed by atoms with E-state index in [1.807, 2.05) is 91.0 Å². The molecule has 9 atom stereocenters. The van der Waals surface area contributed by atoms with Crippen molar-refractivity contribution in [2.75, 3.05) is 31.8 Å². The second-order valence-electron chi connectivity index (χ2n) is 15.4. The van der Waals surface area contributed by atoms with Crippen LogP contribution in [-0.4, -0.2) is 95.2 Å². The summed E-state index contributed by atoms with van der Waals surface area (Å²) in [6.07, 6.45) is 2.62. The Morgan fingerprint density at radius 2 is 1.69 bits per heavy atom. The minimum absolute atomic E-state index is 0.0283. The molecule has 2 bridgehead atoms. The molecule has 3 amide bonds. The van der Waals surface area contributed by atoms with Gasteiger partial charge in [0, 0.05) is 30.6 Å². The zero-order valence-corrected chi connectivity index (χ0v) is 34.6. The summed E-state index contributed by atoms with van der Waals surface area (Å²) in [5, 5.41) is 16.0. The SMILES string of the molecule is C=CCCC(=O)N[C@@H](COC)[C@@H](OC(=O)[C@@H]1[C@H]2O[C@@]3(CC2Br)[C@H](C(=O)N(CC=C)c2ccc4ccccc4c2)N([C@@H](CO)Cc2ccccc2)C(=O)[C@@H]13)c1ccccc1. The number of hydrogen-bond donors (Lipinski definition) is 2. The Morgan fingerprint density at radius 1 is 1.00 bits per heavy atom. The number of amides is 3. The molecule has 1 unspecified atom stereocenters. The van der Waals surface area contributed by atoms with Crippen LogP contribution < -0.4 is 10.2 Å². The molecular formula is C47H50BrN3O8. The van der Waals surface area contributed by atoms with Crippen molar-refractivity contribution in [3.05, 3.63) is 140 Å². The molecule has 4 aromatic rings. The van der Waals surface area contributed by atoms with Gasteiger partial charge in [-0.25, -0.2) is 0 Å². The number of benzene rings is 4. The number of halogens is 1. The Labute approximate surface area is 353 Å². The average molecular weight is 865 g/mol. The lowest BCUT2D eigenvalue weighted by Crippen LogP contribution is -2.59. The predicted octanol–water partition coefficient (Wildman–Crippen LogP) is 6.09. The van der Waals surface area contributed by atoms with E-state index in [-0.39, 0.29) is 38.3 Å². The molecule has 11 nitrogen and oxygen atoms in total. The summed E-state index contributed by atoms with van der Waals surface area (Å²) in [6.45, 7) is 7.38.